The Hall–Kier alpha value is -1.16. The Morgan fingerprint density at radius 3 is 2.70 bits per heavy atom. The molecule has 20 heavy (non-hydrogen) atoms. The molecule has 3 nitrogen and oxygen atoms in total. The molecule has 0 unspecified atom stereocenters. The van der Waals surface area contributed by atoms with Crippen molar-refractivity contribution in [2.45, 2.75) is 44.7 Å². The van der Waals surface area contributed by atoms with Crippen LogP contribution in [0.15, 0.2) is 42.5 Å². The average molecular weight is 276 g/mol. The minimum absolute atomic E-state index is 0.0254. The zero-order chi connectivity index (χ0) is 14.5. The van der Waals surface area contributed by atoms with Crippen molar-refractivity contribution in [3.8, 4) is 0 Å². The smallest absolute Gasteiger partial charge is 0.0919 e. The van der Waals surface area contributed by atoms with Crippen molar-refractivity contribution in [3.63, 3.8) is 0 Å². The number of aliphatic hydroxyl groups is 1. The van der Waals surface area contributed by atoms with Gasteiger partial charge in [0.15, 0.2) is 0 Å². The molecule has 2 rings (SSSR count). The van der Waals surface area contributed by atoms with Gasteiger partial charge in [-0.1, -0.05) is 42.5 Å². The van der Waals surface area contributed by atoms with Crippen molar-refractivity contribution in [1.82, 2.24) is 0 Å². The van der Waals surface area contributed by atoms with Crippen LogP contribution < -0.4 is 0 Å². The first kappa shape index (κ1) is 15.2. The van der Waals surface area contributed by atoms with Crippen LogP contribution in [-0.4, -0.2) is 30.5 Å². The van der Waals surface area contributed by atoms with Gasteiger partial charge in [0.25, 0.3) is 0 Å². The molecule has 110 valence electrons. The van der Waals surface area contributed by atoms with Gasteiger partial charge in [0, 0.05) is 13.0 Å². The molecule has 0 spiro atoms. The van der Waals surface area contributed by atoms with E-state index in [1.165, 1.54) is 0 Å². The topological polar surface area (TPSA) is 38.7 Å². The SMILES string of the molecule is C=C1CC[C@@H](O)[C@@H](OC)[C@@H]1[C@H](C)OCc1ccccc1. The summed E-state index contributed by atoms with van der Waals surface area (Å²) in [6, 6.07) is 10.1. The fourth-order valence-electron chi connectivity index (χ4n) is 2.94. The minimum atomic E-state index is -0.432. The summed E-state index contributed by atoms with van der Waals surface area (Å²) in [5.74, 6) is 0.0486. The second-order valence-electron chi connectivity index (χ2n) is 5.49. The van der Waals surface area contributed by atoms with Gasteiger partial charge in [-0.25, -0.2) is 0 Å². The van der Waals surface area contributed by atoms with Crippen LogP contribution in [0.1, 0.15) is 25.3 Å². The van der Waals surface area contributed by atoms with E-state index in [1.54, 1.807) is 7.11 Å². The number of hydrogen-bond acceptors (Lipinski definition) is 3. The average Bonchev–Trinajstić information content (AvgIpc) is 2.48. The van der Waals surface area contributed by atoms with Crippen molar-refractivity contribution >= 4 is 0 Å². The molecular formula is C17H24O3. The van der Waals surface area contributed by atoms with Crippen LogP contribution in [0.25, 0.3) is 0 Å². The molecule has 0 heterocycles. The molecule has 0 saturated heterocycles. The highest BCUT2D eigenvalue weighted by atomic mass is 16.5. The summed E-state index contributed by atoms with van der Waals surface area (Å²) in [5, 5.41) is 10.1. The molecule has 0 aromatic heterocycles. The predicted octanol–water partition coefficient (Wildman–Crippen LogP) is 2.93. The standard InChI is InChI=1S/C17H24O3/c1-12-9-10-15(18)17(19-3)16(12)13(2)20-11-14-7-5-4-6-8-14/h4-8,13,15-18H,1,9-11H2,2-3H3/t13-,15+,16-,17+/m0/s1. The Morgan fingerprint density at radius 2 is 2.05 bits per heavy atom. The summed E-state index contributed by atoms with van der Waals surface area (Å²) in [5.41, 5.74) is 2.26. The van der Waals surface area contributed by atoms with E-state index in [0.717, 1.165) is 24.0 Å². The predicted molar refractivity (Wildman–Crippen MR) is 79.4 cm³/mol. The summed E-state index contributed by atoms with van der Waals surface area (Å²) in [6.07, 6.45) is 0.882. The number of methoxy groups -OCH3 is 1. The van der Waals surface area contributed by atoms with Crippen LogP contribution in [-0.2, 0) is 16.1 Å². The zero-order valence-electron chi connectivity index (χ0n) is 12.3. The van der Waals surface area contributed by atoms with Crippen molar-refractivity contribution in [1.29, 1.82) is 0 Å². The van der Waals surface area contributed by atoms with Crippen molar-refractivity contribution in [2.24, 2.45) is 5.92 Å². The molecule has 0 amide bonds. The molecule has 0 aliphatic heterocycles. The Balaban J connectivity index is 1.98. The van der Waals surface area contributed by atoms with Gasteiger partial charge in [-0.15, -0.1) is 0 Å². The Morgan fingerprint density at radius 1 is 1.35 bits per heavy atom. The van der Waals surface area contributed by atoms with Crippen LogP contribution in [0.5, 0.6) is 0 Å². The maximum atomic E-state index is 10.1. The first-order valence-corrected chi connectivity index (χ1v) is 7.17. The molecule has 1 saturated carbocycles. The highest BCUT2D eigenvalue weighted by molar-refractivity contribution is 5.14. The number of aliphatic hydroxyl groups excluding tert-OH is 1. The fourth-order valence-corrected chi connectivity index (χ4v) is 2.94. The molecule has 1 aliphatic rings. The summed E-state index contributed by atoms with van der Waals surface area (Å²) >= 11 is 0. The first-order chi connectivity index (χ1) is 9.63. The van der Waals surface area contributed by atoms with Crippen LogP contribution in [0.3, 0.4) is 0 Å². The quantitative estimate of drug-likeness (QED) is 0.840. The van der Waals surface area contributed by atoms with Crippen LogP contribution in [0, 0.1) is 5.92 Å². The third kappa shape index (κ3) is 3.48. The van der Waals surface area contributed by atoms with Gasteiger partial charge in [-0.2, -0.15) is 0 Å². The van der Waals surface area contributed by atoms with E-state index < -0.39 is 6.10 Å². The van der Waals surface area contributed by atoms with Crippen molar-refractivity contribution < 1.29 is 14.6 Å². The molecular weight excluding hydrogens is 252 g/mol. The molecule has 0 radical (unpaired) electrons. The molecule has 1 aromatic carbocycles. The molecule has 4 atom stereocenters. The van der Waals surface area contributed by atoms with E-state index in [1.807, 2.05) is 37.3 Å². The lowest BCUT2D eigenvalue weighted by Crippen LogP contribution is -2.45. The van der Waals surface area contributed by atoms with Gasteiger partial charge < -0.3 is 14.6 Å². The van der Waals surface area contributed by atoms with Crippen molar-refractivity contribution in [2.75, 3.05) is 7.11 Å². The Bertz CT molecular complexity index is 429. The number of rotatable bonds is 5. The molecule has 0 bridgehead atoms. The molecule has 1 aromatic rings. The van der Waals surface area contributed by atoms with E-state index in [0.29, 0.717) is 6.61 Å². The van der Waals surface area contributed by atoms with Gasteiger partial charge in [0.05, 0.1) is 24.9 Å². The highest BCUT2D eigenvalue weighted by Crippen LogP contribution is 2.34. The van der Waals surface area contributed by atoms with E-state index >= 15 is 0 Å². The van der Waals surface area contributed by atoms with E-state index in [4.69, 9.17) is 9.47 Å². The lowest BCUT2D eigenvalue weighted by molar-refractivity contribution is -0.0970. The summed E-state index contributed by atoms with van der Waals surface area (Å²) in [7, 11) is 1.64. The van der Waals surface area contributed by atoms with Gasteiger partial charge in [0.2, 0.25) is 0 Å². The molecule has 1 N–H and O–H groups in total. The second kappa shape index (κ2) is 7.02. The van der Waals surface area contributed by atoms with Gasteiger partial charge in [-0.05, 0) is 25.3 Å². The Kier molecular flexibility index (Phi) is 5.35. The molecule has 1 aliphatic carbocycles. The number of benzene rings is 1. The van der Waals surface area contributed by atoms with Crippen LogP contribution in [0.2, 0.25) is 0 Å². The summed E-state index contributed by atoms with van der Waals surface area (Å²) < 4.78 is 11.4. The fraction of sp³-hybridized carbons (Fsp3) is 0.529. The minimum Gasteiger partial charge on any atom is -0.390 e. The summed E-state index contributed by atoms with van der Waals surface area (Å²) in [6.45, 7) is 6.73. The maximum absolute atomic E-state index is 10.1. The number of ether oxygens (including phenoxy) is 2. The van der Waals surface area contributed by atoms with E-state index in [9.17, 15) is 5.11 Å². The maximum Gasteiger partial charge on any atom is 0.0919 e. The van der Waals surface area contributed by atoms with E-state index in [-0.39, 0.29) is 18.1 Å². The van der Waals surface area contributed by atoms with Crippen LogP contribution >= 0.6 is 0 Å². The van der Waals surface area contributed by atoms with Crippen molar-refractivity contribution in [3.05, 3.63) is 48.0 Å². The second-order valence-corrected chi connectivity index (χ2v) is 5.49. The molecule has 3 heteroatoms. The zero-order valence-corrected chi connectivity index (χ0v) is 12.3. The normalized spacial score (nSPS) is 28.4. The summed E-state index contributed by atoms with van der Waals surface area (Å²) in [4.78, 5) is 0. The third-order valence-corrected chi connectivity index (χ3v) is 4.10. The largest absolute Gasteiger partial charge is 0.390 e. The highest BCUT2D eigenvalue weighted by Gasteiger charge is 2.38. The molecule has 1 fully saturated rings. The monoisotopic (exact) mass is 276 g/mol. The van der Waals surface area contributed by atoms with Gasteiger partial charge in [-0.3, -0.25) is 0 Å². The first-order valence-electron chi connectivity index (χ1n) is 7.17. The van der Waals surface area contributed by atoms with Crippen LogP contribution in [0.4, 0.5) is 0 Å². The third-order valence-electron chi connectivity index (χ3n) is 4.10. The lowest BCUT2D eigenvalue weighted by atomic mass is 9.78. The lowest BCUT2D eigenvalue weighted by Gasteiger charge is -2.39. The van der Waals surface area contributed by atoms with E-state index in [2.05, 4.69) is 6.58 Å². The van der Waals surface area contributed by atoms with Gasteiger partial charge >= 0.3 is 0 Å². The Labute approximate surface area is 121 Å². The van der Waals surface area contributed by atoms with Gasteiger partial charge in [0.1, 0.15) is 0 Å². The number of hydrogen-bond donors (Lipinski definition) is 1.